The number of nitrogens with zero attached hydrogens (tertiary/aromatic N) is 2. The van der Waals surface area contributed by atoms with Gasteiger partial charge in [0, 0.05) is 18.2 Å². The van der Waals surface area contributed by atoms with E-state index in [0.29, 0.717) is 18.7 Å². The lowest BCUT2D eigenvalue weighted by Crippen LogP contribution is -2.38. The van der Waals surface area contributed by atoms with Gasteiger partial charge in [0.25, 0.3) is 0 Å². The topological polar surface area (TPSA) is 65.4 Å². The van der Waals surface area contributed by atoms with Gasteiger partial charge in [-0.15, -0.1) is 0 Å². The van der Waals surface area contributed by atoms with Gasteiger partial charge in [-0.1, -0.05) is 0 Å². The summed E-state index contributed by atoms with van der Waals surface area (Å²) in [5.74, 6) is 0.707. The van der Waals surface area contributed by atoms with Crippen molar-refractivity contribution >= 4 is 5.91 Å². The maximum Gasteiger partial charge on any atom is 0.234 e. The number of nitriles is 1. The molecule has 0 bridgehead atoms. The second-order valence-corrected chi connectivity index (χ2v) is 5.03. The Hall–Kier alpha value is -2.06. The van der Waals surface area contributed by atoms with E-state index in [0.717, 1.165) is 11.3 Å². The van der Waals surface area contributed by atoms with E-state index in [4.69, 9.17) is 10.00 Å². The zero-order valence-corrected chi connectivity index (χ0v) is 12.4. The molecule has 5 nitrogen and oxygen atoms in total. The molecule has 0 saturated carbocycles. The largest absolute Gasteiger partial charge is 0.496 e. The number of likely N-dealkylation sites (N-methyl/N-ethyl adjacent to an activating group) is 1. The highest BCUT2D eigenvalue weighted by molar-refractivity contribution is 5.78. The van der Waals surface area contributed by atoms with Crippen LogP contribution in [0.15, 0.2) is 18.2 Å². The number of rotatable bonds is 6. The molecule has 0 heterocycles. The first-order valence-electron chi connectivity index (χ1n) is 6.51. The minimum atomic E-state index is -0.0158. The van der Waals surface area contributed by atoms with Crippen LogP contribution in [0.3, 0.4) is 0 Å². The SMILES string of the molecule is COc1ccc(C#N)cc1CN(C)CC(=O)NC(C)C. The van der Waals surface area contributed by atoms with E-state index in [2.05, 4.69) is 11.4 Å². The van der Waals surface area contributed by atoms with Crippen LogP contribution in [0.2, 0.25) is 0 Å². The summed E-state index contributed by atoms with van der Waals surface area (Å²) in [6.45, 7) is 4.71. The van der Waals surface area contributed by atoms with Crippen molar-refractivity contribution in [2.45, 2.75) is 26.4 Å². The zero-order valence-electron chi connectivity index (χ0n) is 12.4. The van der Waals surface area contributed by atoms with E-state index in [1.54, 1.807) is 25.3 Å². The highest BCUT2D eigenvalue weighted by atomic mass is 16.5. The van der Waals surface area contributed by atoms with Gasteiger partial charge >= 0.3 is 0 Å². The van der Waals surface area contributed by atoms with Gasteiger partial charge in [0.2, 0.25) is 5.91 Å². The first-order valence-corrected chi connectivity index (χ1v) is 6.51. The maximum atomic E-state index is 11.7. The quantitative estimate of drug-likeness (QED) is 0.855. The molecule has 0 unspecified atom stereocenters. The number of benzene rings is 1. The minimum absolute atomic E-state index is 0.0158. The first-order chi connectivity index (χ1) is 9.46. The highest BCUT2D eigenvalue weighted by Crippen LogP contribution is 2.20. The smallest absolute Gasteiger partial charge is 0.234 e. The van der Waals surface area contributed by atoms with E-state index in [1.807, 2.05) is 25.8 Å². The van der Waals surface area contributed by atoms with Crippen LogP contribution >= 0.6 is 0 Å². The van der Waals surface area contributed by atoms with Gasteiger partial charge in [0.15, 0.2) is 0 Å². The summed E-state index contributed by atoms with van der Waals surface area (Å²) in [4.78, 5) is 13.6. The van der Waals surface area contributed by atoms with Crippen LogP contribution in [0.1, 0.15) is 25.0 Å². The number of carbonyl (C=O) groups excluding carboxylic acids is 1. The van der Waals surface area contributed by atoms with E-state index < -0.39 is 0 Å². The molecule has 5 heteroatoms. The van der Waals surface area contributed by atoms with Crippen LogP contribution in [0.5, 0.6) is 5.75 Å². The molecule has 1 N–H and O–H groups in total. The van der Waals surface area contributed by atoms with Crippen LogP contribution in [-0.4, -0.2) is 37.6 Å². The van der Waals surface area contributed by atoms with Crippen LogP contribution in [0, 0.1) is 11.3 Å². The third-order valence-electron chi connectivity index (χ3n) is 2.71. The molecule has 0 saturated heterocycles. The van der Waals surface area contributed by atoms with Gasteiger partial charge < -0.3 is 10.1 Å². The van der Waals surface area contributed by atoms with Crippen LogP contribution < -0.4 is 10.1 Å². The Kier molecular flexibility index (Phi) is 6.01. The standard InChI is InChI=1S/C15H21N3O2/c1-11(2)17-15(19)10-18(3)9-13-7-12(8-16)5-6-14(13)20-4/h5-7,11H,9-10H2,1-4H3,(H,17,19). The molecule has 1 rings (SSSR count). The van der Waals surface area contributed by atoms with E-state index in [1.165, 1.54) is 0 Å². The van der Waals surface area contributed by atoms with Crippen molar-refractivity contribution in [3.05, 3.63) is 29.3 Å². The highest BCUT2D eigenvalue weighted by Gasteiger charge is 2.11. The molecule has 0 aliphatic carbocycles. The zero-order chi connectivity index (χ0) is 15.1. The lowest BCUT2D eigenvalue weighted by molar-refractivity contribution is -0.122. The van der Waals surface area contributed by atoms with Crippen LogP contribution in [0.4, 0.5) is 0 Å². The number of ether oxygens (including phenoxy) is 1. The van der Waals surface area contributed by atoms with Crippen molar-refractivity contribution in [1.29, 1.82) is 5.26 Å². The molecule has 108 valence electrons. The number of hydrogen-bond acceptors (Lipinski definition) is 4. The van der Waals surface area contributed by atoms with Crippen molar-refractivity contribution in [3.63, 3.8) is 0 Å². The molecule has 0 atom stereocenters. The summed E-state index contributed by atoms with van der Waals surface area (Å²) >= 11 is 0. The van der Waals surface area contributed by atoms with E-state index in [9.17, 15) is 4.79 Å². The second kappa shape index (κ2) is 7.51. The Morgan fingerprint density at radius 3 is 2.75 bits per heavy atom. The first kappa shape index (κ1) is 16.0. The summed E-state index contributed by atoms with van der Waals surface area (Å²) in [7, 11) is 3.45. The molecule has 1 aromatic carbocycles. The summed E-state index contributed by atoms with van der Waals surface area (Å²) in [5, 5.41) is 11.8. The molecule has 1 aromatic rings. The molecule has 0 aromatic heterocycles. The lowest BCUT2D eigenvalue weighted by Gasteiger charge is -2.19. The third-order valence-corrected chi connectivity index (χ3v) is 2.71. The molecule has 20 heavy (non-hydrogen) atoms. The molecule has 0 radical (unpaired) electrons. The third kappa shape index (κ3) is 4.90. The molecule has 1 amide bonds. The van der Waals surface area contributed by atoms with Crippen molar-refractivity contribution < 1.29 is 9.53 Å². The van der Waals surface area contributed by atoms with Gasteiger partial charge in [0.05, 0.1) is 25.3 Å². The fraction of sp³-hybridized carbons (Fsp3) is 0.467. The van der Waals surface area contributed by atoms with Crippen LogP contribution in [-0.2, 0) is 11.3 Å². The Labute approximate surface area is 120 Å². The van der Waals surface area contributed by atoms with Crippen molar-refractivity contribution in [2.24, 2.45) is 0 Å². The summed E-state index contributed by atoms with van der Waals surface area (Å²) in [6.07, 6.45) is 0. The Morgan fingerprint density at radius 2 is 2.20 bits per heavy atom. The van der Waals surface area contributed by atoms with Crippen molar-refractivity contribution in [1.82, 2.24) is 10.2 Å². The minimum Gasteiger partial charge on any atom is -0.496 e. The Bertz CT molecular complexity index is 506. The van der Waals surface area contributed by atoms with Crippen molar-refractivity contribution in [2.75, 3.05) is 20.7 Å². The van der Waals surface area contributed by atoms with Gasteiger partial charge in [0.1, 0.15) is 5.75 Å². The summed E-state index contributed by atoms with van der Waals surface area (Å²) < 4.78 is 5.28. The molecular weight excluding hydrogens is 254 g/mol. The lowest BCUT2D eigenvalue weighted by atomic mass is 10.1. The van der Waals surface area contributed by atoms with Crippen LogP contribution in [0.25, 0.3) is 0 Å². The van der Waals surface area contributed by atoms with Crippen molar-refractivity contribution in [3.8, 4) is 11.8 Å². The van der Waals surface area contributed by atoms with E-state index >= 15 is 0 Å². The number of carbonyl (C=O) groups is 1. The normalized spacial score (nSPS) is 10.4. The maximum absolute atomic E-state index is 11.7. The number of nitrogens with one attached hydrogen (secondary N) is 1. The fourth-order valence-corrected chi connectivity index (χ4v) is 1.93. The average molecular weight is 275 g/mol. The summed E-state index contributed by atoms with van der Waals surface area (Å²) in [6, 6.07) is 7.51. The monoisotopic (exact) mass is 275 g/mol. The predicted molar refractivity (Wildman–Crippen MR) is 77.3 cm³/mol. The number of methoxy groups -OCH3 is 1. The van der Waals surface area contributed by atoms with E-state index in [-0.39, 0.29) is 11.9 Å². The fourth-order valence-electron chi connectivity index (χ4n) is 1.93. The average Bonchev–Trinajstić information content (AvgIpc) is 2.37. The Morgan fingerprint density at radius 1 is 1.50 bits per heavy atom. The van der Waals surface area contributed by atoms with Gasteiger partial charge in [-0.2, -0.15) is 5.26 Å². The molecular formula is C15H21N3O2. The predicted octanol–water partition coefficient (Wildman–Crippen LogP) is 1.52. The van der Waals surface area contributed by atoms with Gasteiger partial charge in [-0.05, 0) is 39.1 Å². The molecule has 0 aliphatic rings. The Balaban J connectivity index is 2.72. The second-order valence-electron chi connectivity index (χ2n) is 5.03. The molecule has 0 fully saturated rings. The molecule has 0 spiro atoms. The molecule has 0 aliphatic heterocycles. The summed E-state index contributed by atoms with van der Waals surface area (Å²) in [5.41, 5.74) is 1.48. The van der Waals surface area contributed by atoms with Gasteiger partial charge in [-0.25, -0.2) is 0 Å². The number of hydrogen-bond donors (Lipinski definition) is 1. The van der Waals surface area contributed by atoms with Gasteiger partial charge in [-0.3, -0.25) is 9.69 Å². The number of amides is 1.